The van der Waals surface area contributed by atoms with Crippen LogP contribution >= 0.6 is 24.0 Å². The van der Waals surface area contributed by atoms with Gasteiger partial charge in [0.05, 0.1) is 10.4 Å². The number of carbonyl (C=O) groups excluding carboxylic acids is 1. The summed E-state index contributed by atoms with van der Waals surface area (Å²) in [5.41, 5.74) is 5.01. The smallest absolute Gasteiger partial charge is 0.233 e. The standard InChI is InChI=1S/C13H24N2OS2/c1-4-13(3,11(14)17)12(16)15-9-7-6-8-10(9)18-5-2/h9-10H,4-8H2,1-3H3,(H2,14,17)(H,15,16). The summed E-state index contributed by atoms with van der Waals surface area (Å²) in [5, 5.41) is 3.71. The van der Waals surface area contributed by atoms with Crippen molar-refractivity contribution in [3.8, 4) is 0 Å². The summed E-state index contributed by atoms with van der Waals surface area (Å²) in [6, 6.07) is 0.280. The third-order valence-corrected chi connectivity index (χ3v) is 5.68. The van der Waals surface area contributed by atoms with E-state index in [9.17, 15) is 4.79 Å². The molecule has 0 radical (unpaired) electrons. The molecule has 0 aromatic carbocycles. The second-order valence-electron chi connectivity index (χ2n) is 5.05. The summed E-state index contributed by atoms with van der Waals surface area (Å²) < 4.78 is 0. The minimum absolute atomic E-state index is 0.00824. The summed E-state index contributed by atoms with van der Waals surface area (Å²) in [6.07, 6.45) is 4.10. The Morgan fingerprint density at radius 3 is 2.67 bits per heavy atom. The fraction of sp³-hybridized carbons (Fsp3) is 0.846. The zero-order chi connectivity index (χ0) is 13.8. The van der Waals surface area contributed by atoms with Crippen molar-refractivity contribution in [3.05, 3.63) is 0 Å². The molecule has 1 aliphatic rings. The molecule has 3 N–H and O–H groups in total. The van der Waals surface area contributed by atoms with Crippen molar-refractivity contribution in [2.45, 2.75) is 57.7 Å². The lowest BCUT2D eigenvalue weighted by Crippen LogP contribution is -2.51. The highest BCUT2D eigenvalue weighted by atomic mass is 32.2. The average Bonchev–Trinajstić information content (AvgIpc) is 2.75. The van der Waals surface area contributed by atoms with Crippen LogP contribution in [0.25, 0.3) is 0 Å². The fourth-order valence-electron chi connectivity index (χ4n) is 2.28. The van der Waals surface area contributed by atoms with E-state index >= 15 is 0 Å². The van der Waals surface area contributed by atoms with E-state index in [2.05, 4.69) is 12.2 Å². The zero-order valence-electron chi connectivity index (χ0n) is 11.5. The van der Waals surface area contributed by atoms with Crippen LogP contribution in [0.5, 0.6) is 0 Å². The van der Waals surface area contributed by atoms with Crippen molar-refractivity contribution in [1.82, 2.24) is 5.32 Å². The van der Waals surface area contributed by atoms with Gasteiger partial charge < -0.3 is 11.1 Å². The van der Waals surface area contributed by atoms with E-state index in [-0.39, 0.29) is 11.9 Å². The molecule has 5 heteroatoms. The minimum Gasteiger partial charge on any atom is -0.392 e. The highest BCUT2D eigenvalue weighted by Gasteiger charge is 2.38. The average molecular weight is 288 g/mol. The van der Waals surface area contributed by atoms with Crippen LogP contribution < -0.4 is 11.1 Å². The molecule has 3 nitrogen and oxygen atoms in total. The Kier molecular flexibility index (Phi) is 5.92. The molecule has 1 fully saturated rings. The maximum Gasteiger partial charge on any atom is 0.233 e. The van der Waals surface area contributed by atoms with Crippen LogP contribution in [0.2, 0.25) is 0 Å². The molecule has 104 valence electrons. The predicted octanol–water partition coefficient (Wildman–Crippen LogP) is 2.48. The zero-order valence-corrected chi connectivity index (χ0v) is 13.1. The van der Waals surface area contributed by atoms with E-state index in [1.165, 1.54) is 12.8 Å². The van der Waals surface area contributed by atoms with Crippen molar-refractivity contribution in [2.24, 2.45) is 11.1 Å². The van der Waals surface area contributed by atoms with E-state index < -0.39 is 5.41 Å². The number of thioether (sulfide) groups is 1. The highest BCUT2D eigenvalue weighted by Crippen LogP contribution is 2.31. The molecule has 1 amide bonds. The van der Waals surface area contributed by atoms with E-state index in [1.54, 1.807) is 0 Å². The number of rotatable bonds is 6. The molecular weight excluding hydrogens is 264 g/mol. The molecule has 0 aromatic heterocycles. The summed E-state index contributed by atoms with van der Waals surface area (Å²) >= 11 is 6.98. The SMILES string of the molecule is CCSC1CCCC1NC(=O)C(C)(CC)C(N)=S. The monoisotopic (exact) mass is 288 g/mol. The molecule has 1 aliphatic carbocycles. The van der Waals surface area contributed by atoms with Crippen LogP contribution in [0.1, 0.15) is 46.5 Å². The normalized spacial score (nSPS) is 26.6. The molecule has 18 heavy (non-hydrogen) atoms. The van der Waals surface area contributed by atoms with Gasteiger partial charge in [-0.2, -0.15) is 11.8 Å². The summed E-state index contributed by atoms with van der Waals surface area (Å²) in [7, 11) is 0. The van der Waals surface area contributed by atoms with Crippen LogP contribution in [0.4, 0.5) is 0 Å². The number of carbonyl (C=O) groups is 1. The predicted molar refractivity (Wildman–Crippen MR) is 82.9 cm³/mol. The first-order valence-corrected chi connectivity index (χ1v) is 8.13. The minimum atomic E-state index is -0.709. The Bertz CT molecular complexity index is 322. The highest BCUT2D eigenvalue weighted by molar-refractivity contribution is 7.99. The Morgan fingerprint density at radius 2 is 2.17 bits per heavy atom. The fourth-order valence-corrected chi connectivity index (χ4v) is 3.71. The first-order valence-electron chi connectivity index (χ1n) is 6.68. The third kappa shape index (κ3) is 3.38. The van der Waals surface area contributed by atoms with E-state index in [1.807, 2.05) is 25.6 Å². The number of amides is 1. The van der Waals surface area contributed by atoms with Crippen LogP contribution in [-0.4, -0.2) is 27.9 Å². The van der Waals surface area contributed by atoms with Gasteiger partial charge >= 0.3 is 0 Å². The lowest BCUT2D eigenvalue weighted by Gasteiger charge is -2.29. The van der Waals surface area contributed by atoms with Crippen LogP contribution in [0.3, 0.4) is 0 Å². The van der Waals surface area contributed by atoms with E-state index in [4.69, 9.17) is 18.0 Å². The Balaban J connectivity index is 2.66. The maximum absolute atomic E-state index is 12.4. The van der Waals surface area contributed by atoms with Gasteiger partial charge in [0.25, 0.3) is 0 Å². The Labute approximate surface area is 120 Å². The number of hydrogen-bond acceptors (Lipinski definition) is 3. The summed E-state index contributed by atoms with van der Waals surface area (Å²) in [6.45, 7) is 5.94. The van der Waals surface area contributed by atoms with Gasteiger partial charge in [-0.3, -0.25) is 4.79 Å². The Morgan fingerprint density at radius 1 is 1.50 bits per heavy atom. The molecule has 0 aliphatic heterocycles. The molecule has 0 heterocycles. The summed E-state index contributed by atoms with van der Waals surface area (Å²) in [4.78, 5) is 12.6. The molecule has 3 atom stereocenters. The van der Waals surface area contributed by atoms with Crippen molar-refractivity contribution < 1.29 is 4.79 Å². The molecule has 0 spiro atoms. The van der Waals surface area contributed by atoms with Gasteiger partial charge in [0.1, 0.15) is 0 Å². The van der Waals surface area contributed by atoms with Gasteiger partial charge in [-0.1, -0.05) is 32.5 Å². The summed E-state index contributed by atoms with van der Waals surface area (Å²) in [5.74, 6) is 1.09. The first kappa shape index (κ1) is 15.8. The van der Waals surface area contributed by atoms with Gasteiger partial charge in [-0.05, 0) is 31.9 Å². The van der Waals surface area contributed by atoms with Crippen molar-refractivity contribution in [3.63, 3.8) is 0 Å². The maximum atomic E-state index is 12.4. The largest absolute Gasteiger partial charge is 0.392 e. The molecule has 1 saturated carbocycles. The molecule has 0 aromatic rings. The second kappa shape index (κ2) is 6.75. The lowest BCUT2D eigenvalue weighted by atomic mass is 9.86. The van der Waals surface area contributed by atoms with Gasteiger partial charge in [0.15, 0.2) is 0 Å². The van der Waals surface area contributed by atoms with Gasteiger partial charge in [-0.15, -0.1) is 0 Å². The number of nitrogens with two attached hydrogens (primary N) is 1. The number of thiocarbonyl (C=S) groups is 1. The number of hydrogen-bond donors (Lipinski definition) is 2. The van der Waals surface area contributed by atoms with Crippen molar-refractivity contribution >= 4 is 34.9 Å². The number of nitrogens with one attached hydrogen (secondary N) is 1. The first-order chi connectivity index (χ1) is 8.45. The lowest BCUT2D eigenvalue weighted by molar-refractivity contribution is -0.127. The molecule has 0 saturated heterocycles. The Hall–Kier alpha value is -0.290. The third-order valence-electron chi connectivity index (χ3n) is 3.90. The molecule has 1 rings (SSSR count). The molecule has 0 bridgehead atoms. The van der Waals surface area contributed by atoms with Gasteiger partial charge in [0.2, 0.25) is 5.91 Å². The topological polar surface area (TPSA) is 55.1 Å². The van der Waals surface area contributed by atoms with Crippen LogP contribution in [0.15, 0.2) is 0 Å². The van der Waals surface area contributed by atoms with Crippen LogP contribution in [0, 0.1) is 5.41 Å². The van der Waals surface area contributed by atoms with Gasteiger partial charge in [-0.25, -0.2) is 0 Å². The van der Waals surface area contributed by atoms with E-state index in [0.29, 0.717) is 16.7 Å². The van der Waals surface area contributed by atoms with Gasteiger partial charge in [0, 0.05) is 11.3 Å². The second-order valence-corrected chi connectivity index (χ2v) is 7.01. The quantitative estimate of drug-likeness (QED) is 0.737. The molecule has 3 unspecified atom stereocenters. The van der Waals surface area contributed by atoms with Crippen LogP contribution in [-0.2, 0) is 4.79 Å². The molecular formula is C13H24N2OS2. The van der Waals surface area contributed by atoms with Crippen molar-refractivity contribution in [2.75, 3.05) is 5.75 Å². The van der Waals surface area contributed by atoms with Crippen molar-refractivity contribution in [1.29, 1.82) is 0 Å². The van der Waals surface area contributed by atoms with E-state index in [0.717, 1.165) is 12.2 Å².